The highest BCUT2D eigenvalue weighted by atomic mass is 16.1. The van der Waals surface area contributed by atoms with E-state index >= 15 is 0 Å². The van der Waals surface area contributed by atoms with Crippen molar-refractivity contribution in [3.63, 3.8) is 0 Å². The first-order valence-corrected chi connectivity index (χ1v) is 5.90. The van der Waals surface area contributed by atoms with Crippen LogP contribution in [0.15, 0.2) is 10.9 Å². The molecule has 2 aromatic rings. The van der Waals surface area contributed by atoms with Gasteiger partial charge >= 0.3 is 0 Å². The lowest BCUT2D eigenvalue weighted by Gasteiger charge is -2.19. The normalized spacial score (nSPS) is 16.0. The molecular weight excluding hydrogens is 216 g/mol. The minimum Gasteiger partial charge on any atom is -0.307 e. The molecule has 17 heavy (non-hydrogen) atoms. The fourth-order valence-corrected chi connectivity index (χ4v) is 2.39. The van der Waals surface area contributed by atoms with E-state index in [4.69, 9.17) is 0 Å². The Labute approximate surface area is 99.1 Å². The smallest absolute Gasteiger partial charge is 0.251 e. The molecule has 0 aromatic carbocycles. The van der Waals surface area contributed by atoms with Crippen LogP contribution in [0.5, 0.6) is 0 Å². The van der Waals surface area contributed by atoms with Gasteiger partial charge in [0.15, 0.2) is 0 Å². The van der Waals surface area contributed by atoms with E-state index in [9.17, 15) is 4.79 Å². The van der Waals surface area contributed by atoms with Crippen LogP contribution >= 0.6 is 0 Å². The molecular formula is C12H16N4O. The van der Waals surface area contributed by atoms with Crippen molar-refractivity contribution >= 4 is 5.65 Å². The molecule has 0 amide bonds. The Morgan fingerprint density at radius 2 is 2.18 bits per heavy atom. The first kappa shape index (κ1) is 10.5. The summed E-state index contributed by atoms with van der Waals surface area (Å²) in [6, 6.07) is 2.08. The average molecular weight is 232 g/mol. The van der Waals surface area contributed by atoms with Crippen molar-refractivity contribution in [1.29, 1.82) is 0 Å². The Kier molecular flexibility index (Phi) is 2.13. The van der Waals surface area contributed by atoms with Crippen LogP contribution in [0, 0.1) is 6.92 Å². The maximum atomic E-state index is 11.5. The van der Waals surface area contributed by atoms with Crippen LogP contribution in [0.25, 0.3) is 5.65 Å². The third-order valence-corrected chi connectivity index (χ3v) is 3.43. The van der Waals surface area contributed by atoms with Crippen molar-refractivity contribution in [2.45, 2.75) is 39.9 Å². The molecule has 5 heteroatoms. The van der Waals surface area contributed by atoms with Gasteiger partial charge in [-0.05, 0) is 20.8 Å². The lowest BCUT2D eigenvalue weighted by Crippen LogP contribution is -2.25. The predicted molar refractivity (Wildman–Crippen MR) is 64.9 cm³/mol. The second kappa shape index (κ2) is 3.43. The monoisotopic (exact) mass is 232 g/mol. The van der Waals surface area contributed by atoms with Gasteiger partial charge in [-0.3, -0.25) is 9.69 Å². The summed E-state index contributed by atoms with van der Waals surface area (Å²) in [5.74, 6) is 0. The van der Waals surface area contributed by atoms with Gasteiger partial charge in [0.2, 0.25) is 0 Å². The summed E-state index contributed by atoms with van der Waals surface area (Å²) in [6.07, 6.45) is 0. The van der Waals surface area contributed by atoms with Gasteiger partial charge in [0.25, 0.3) is 5.56 Å². The fraction of sp³-hybridized carbons (Fsp3) is 0.500. The van der Waals surface area contributed by atoms with Crippen LogP contribution in [0.1, 0.15) is 30.8 Å². The summed E-state index contributed by atoms with van der Waals surface area (Å²) in [5, 5.41) is 4.57. The summed E-state index contributed by atoms with van der Waals surface area (Å²) in [7, 11) is 0. The molecule has 0 unspecified atom stereocenters. The van der Waals surface area contributed by atoms with Crippen LogP contribution in [-0.2, 0) is 13.1 Å². The molecule has 90 valence electrons. The largest absolute Gasteiger partial charge is 0.307 e. The zero-order chi connectivity index (χ0) is 12.2. The van der Waals surface area contributed by atoms with Crippen molar-refractivity contribution in [1.82, 2.24) is 19.5 Å². The van der Waals surface area contributed by atoms with Gasteiger partial charge in [0.1, 0.15) is 5.65 Å². The van der Waals surface area contributed by atoms with Crippen LogP contribution in [-0.4, -0.2) is 25.5 Å². The third-order valence-electron chi connectivity index (χ3n) is 3.43. The van der Waals surface area contributed by atoms with Crippen LogP contribution in [0.4, 0.5) is 0 Å². The zero-order valence-corrected chi connectivity index (χ0v) is 10.3. The highest BCUT2D eigenvalue weighted by Gasteiger charge is 2.26. The molecule has 0 fully saturated rings. The molecule has 1 aliphatic heterocycles. The lowest BCUT2D eigenvalue weighted by atomic mass is 10.3. The van der Waals surface area contributed by atoms with Crippen molar-refractivity contribution in [3.05, 3.63) is 33.4 Å². The molecule has 0 saturated carbocycles. The summed E-state index contributed by atoms with van der Waals surface area (Å²) in [4.78, 5) is 16.7. The van der Waals surface area contributed by atoms with Gasteiger partial charge in [-0.1, -0.05) is 0 Å². The molecule has 1 aliphatic rings. The van der Waals surface area contributed by atoms with Gasteiger partial charge in [-0.25, -0.2) is 4.52 Å². The average Bonchev–Trinajstić information content (AvgIpc) is 2.76. The van der Waals surface area contributed by atoms with E-state index in [1.807, 2.05) is 11.4 Å². The quantitative estimate of drug-likeness (QED) is 0.799. The lowest BCUT2D eigenvalue weighted by molar-refractivity contribution is 0.225. The second-order valence-corrected chi connectivity index (χ2v) is 4.96. The van der Waals surface area contributed by atoms with E-state index in [0.29, 0.717) is 6.04 Å². The van der Waals surface area contributed by atoms with Crippen molar-refractivity contribution in [2.24, 2.45) is 0 Å². The predicted octanol–water partition coefficient (Wildman–Crippen LogP) is 1.06. The number of H-pyrrole nitrogens is 1. The Morgan fingerprint density at radius 1 is 1.41 bits per heavy atom. The number of nitrogens with one attached hydrogen (secondary N) is 1. The Balaban J connectivity index is 2.18. The van der Waals surface area contributed by atoms with Crippen molar-refractivity contribution in [3.8, 4) is 0 Å². The molecule has 0 atom stereocenters. The van der Waals surface area contributed by atoms with E-state index in [1.54, 1.807) is 6.07 Å². The number of fused-ring (bicyclic) bond motifs is 3. The van der Waals surface area contributed by atoms with Gasteiger partial charge in [0.05, 0.1) is 5.69 Å². The Hall–Kier alpha value is -1.62. The fourth-order valence-electron chi connectivity index (χ4n) is 2.39. The van der Waals surface area contributed by atoms with E-state index in [2.05, 4.69) is 28.8 Å². The Morgan fingerprint density at radius 3 is 2.88 bits per heavy atom. The molecule has 0 radical (unpaired) electrons. The topological polar surface area (TPSA) is 53.4 Å². The minimum absolute atomic E-state index is 0.0549. The Bertz CT molecular complexity index is 638. The number of hydrogen-bond acceptors (Lipinski definition) is 3. The number of nitrogens with zero attached hydrogens (tertiary/aromatic N) is 3. The van der Waals surface area contributed by atoms with E-state index in [0.717, 1.165) is 30.1 Å². The second-order valence-electron chi connectivity index (χ2n) is 4.96. The van der Waals surface area contributed by atoms with Gasteiger partial charge in [-0.15, -0.1) is 0 Å². The zero-order valence-electron chi connectivity index (χ0n) is 10.3. The molecule has 3 rings (SSSR count). The molecule has 1 N–H and O–H groups in total. The van der Waals surface area contributed by atoms with E-state index in [-0.39, 0.29) is 5.56 Å². The maximum absolute atomic E-state index is 11.5. The minimum atomic E-state index is -0.0549. The number of aryl methyl sites for hydroxylation is 1. The van der Waals surface area contributed by atoms with Crippen LogP contribution in [0.2, 0.25) is 0 Å². The first-order chi connectivity index (χ1) is 8.06. The molecule has 0 saturated heterocycles. The summed E-state index contributed by atoms with van der Waals surface area (Å²) in [6.45, 7) is 8.00. The summed E-state index contributed by atoms with van der Waals surface area (Å²) in [5.41, 5.74) is 3.94. The molecule has 3 heterocycles. The standard InChI is InChI=1S/C12H16N4O/c1-7(2)15-5-9-10(6-15)14-16-8(3)4-11(17)13-12(9)16/h4,7H,5-6H2,1-3H3,(H,13,17). The first-order valence-electron chi connectivity index (χ1n) is 5.90. The van der Waals surface area contributed by atoms with Gasteiger partial charge in [-0.2, -0.15) is 5.10 Å². The van der Waals surface area contributed by atoms with Crippen molar-refractivity contribution < 1.29 is 0 Å². The highest BCUT2D eigenvalue weighted by molar-refractivity contribution is 5.52. The molecule has 0 bridgehead atoms. The SMILES string of the molecule is Cc1cc(=O)[nH]c2c3c(nn12)CN(C(C)C)C3. The molecule has 0 aliphatic carbocycles. The van der Waals surface area contributed by atoms with Crippen LogP contribution < -0.4 is 5.56 Å². The van der Waals surface area contributed by atoms with E-state index in [1.165, 1.54) is 5.56 Å². The summed E-state index contributed by atoms with van der Waals surface area (Å²) < 4.78 is 1.84. The molecule has 2 aromatic heterocycles. The molecule has 0 spiro atoms. The number of hydrogen-bond donors (Lipinski definition) is 1. The number of rotatable bonds is 1. The molecule has 5 nitrogen and oxygen atoms in total. The third kappa shape index (κ3) is 1.50. The van der Waals surface area contributed by atoms with Crippen LogP contribution in [0.3, 0.4) is 0 Å². The highest BCUT2D eigenvalue weighted by Crippen LogP contribution is 2.26. The number of aromatic nitrogens is 3. The van der Waals surface area contributed by atoms with Gasteiger partial charge in [0, 0.05) is 36.5 Å². The van der Waals surface area contributed by atoms with Crippen molar-refractivity contribution in [2.75, 3.05) is 0 Å². The maximum Gasteiger partial charge on any atom is 0.251 e. The van der Waals surface area contributed by atoms with Gasteiger partial charge < -0.3 is 4.98 Å². The summed E-state index contributed by atoms with van der Waals surface area (Å²) >= 11 is 0. The van der Waals surface area contributed by atoms with E-state index < -0.39 is 0 Å². The number of aromatic amines is 1.